The average molecular weight is 288 g/mol. The number of sulfonamides is 1. The van der Waals surface area contributed by atoms with Gasteiger partial charge < -0.3 is 9.84 Å². The number of carbonyl (C=O) groups excluding carboxylic acids is 1. The average Bonchev–Trinajstić information content (AvgIpc) is 2.32. The molecule has 1 heterocycles. The van der Waals surface area contributed by atoms with Crippen LogP contribution in [0.2, 0.25) is 0 Å². The molecule has 8 heteroatoms. The number of aromatic hydroxyl groups is 1. The van der Waals surface area contributed by atoms with Crippen molar-refractivity contribution in [1.29, 1.82) is 0 Å². The third-order valence-electron chi connectivity index (χ3n) is 2.15. The van der Waals surface area contributed by atoms with E-state index in [0.717, 1.165) is 0 Å². The number of nitrogens with one attached hydrogen (secondary N) is 1. The number of pyridine rings is 1. The Morgan fingerprint density at radius 3 is 2.79 bits per heavy atom. The third-order valence-corrected chi connectivity index (χ3v) is 3.39. The number of rotatable bonds is 6. The normalized spacial score (nSPS) is 11.1. The quantitative estimate of drug-likeness (QED) is 0.750. The molecule has 0 spiro atoms. The lowest BCUT2D eigenvalue weighted by atomic mass is 10.3. The number of carbonyl (C=O) groups is 1. The molecule has 0 fully saturated rings. The minimum absolute atomic E-state index is 0.149. The largest absolute Gasteiger partial charge is 0.504 e. The number of hydrogen-bond donors (Lipinski definition) is 2. The van der Waals surface area contributed by atoms with Crippen molar-refractivity contribution in [3.05, 3.63) is 17.8 Å². The van der Waals surface area contributed by atoms with Gasteiger partial charge in [-0.1, -0.05) is 0 Å². The van der Waals surface area contributed by atoms with Gasteiger partial charge in [0.15, 0.2) is 11.6 Å². The molecular formula is C11H16N2O5S. The number of aromatic nitrogens is 1. The molecule has 0 aromatic carbocycles. The highest BCUT2D eigenvalue weighted by Crippen LogP contribution is 2.21. The van der Waals surface area contributed by atoms with Gasteiger partial charge in [0, 0.05) is 5.69 Å². The lowest BCUT2D eigenvalue weighted by Gasteiger charge is -2.09. The van der Waals surface area contributed by atoms with Gasteiger partial charge in [-0.3, -0.25) is 9.52 Å². The highest BCUT2D eigenvalue weighted by molar-refractivity contribution is 7.92. The lowest BCUT2D eigenvalue weighted by Crippen LogP contribution is -2.20. The summed E-state index contributed by atoms with van der Waals surface area (Å²) in [5, 5.41) is 9.48. The van der Waals surface area contributed by atoms with Crippen molar-refractivity contribution in [2.24, 2.45) is 0 Å². The maximum absolute atomic E-state index is 11.7. The van der Waals surface area contributed by atoms with Crippen LogP contribution in [0.3, 0.4) is 0 Å². The first-order chi connectivity index (χ1) is 8.84. The van der Waals surface area contributed by atoms with E-state index in [4.69, 9.17) is 0 Å². The van der Waals surface area contributed by atoms with Crippen LogP contribution >= 0.6 is 0 Å². The molecule has 0 atom stereocenters. The number of nitrogens with zero attached hydrogens (tertiary/aromatic N) is 1. The van der Waals surface area contributed by atoms with Gasteiger partial charge in [-0.05, 0) is 26.0 Å². The summed E-state index contributed by atoms with van der Waals surface area (Å²) >= 11 is 0. The van der Waals surface area contributed by atoms with Crippen LogP contribution in [-0.4, -0.2) is 36.8 Å². The zero-order chi connectivity index (χ0) is 14.5. The first-order valence-electron chi connectivity index (χ1n) is 5.67. The summed E-state index contributed by atoms with van der Waals surface area (Å²) in [6, 6.07) is 2.89. The van der Waals surface area contributed by atoms with Crippen molar-refractivity contribution in [1.82, 2.24) is 4.98 Å². The van der Waals surface area contributed by atoms with E-state index in [1.54, 1.807) is 19.9 Å². The summed E-state index contributed by atoms with van der Waals surface area (Å²) in [7, 11) is -3.76. The fourth-order valence-corrected chi connectivity index (χ4v) is 2.26. The van der Waals surface area contributed by atoms with Crippen molar-refractivity contribution in [2.75, 3.05) is 17.1 Å². The van der Waals surface area contributed by atoms with Crippen molar-refractivity contribution >= 4 is 21.8 Å². The molecule has 7 nitrogen and oxygen atoms in total. The molecule has 19 heavy (non-hydrogen) atoms. The Labute approximate surface area is 111 Å². The van der Waals surface area contributed by atoms with Gasteiger partial charge >= 0.3 is 5.97 Å². The SMILES string of the molecule is CCOC(=O)CCS(=O)(=O)Nc1nc(C)ccc1O. The Hall–Kier alpha value is -1.83. The highest BCUT2D eigenvalue weighted by Gasteiger charge is 2.16. The van der Waals surface area contributed by atoms with Gasteiger partial charge in [0.05, 0.1) is 18.8 Å². The number of aryl methyl sites for hydroxylation is 1. The topological polar surface area (TPSA) is 106 Å². The molecule has 0 radical (unpaired) electrons. The zero-order valence-corrected chi connectivity index (χ0v) is 11.5. The summed E-state index contributed by atoms with van der Waals surface area (Å²) in [6.07, 6.45) is -0.254. The Morgan fingerprint density at radius 2 is 2.16 bits per heavy atom. The molecule has 0 aliphatic carbocycles. The van der Waals surface area contributed by atoms with Crippen LogP contribution in [0.15, 0.2) is 12.1 Å². The van der Waals surface area contributed by atoms with E-state index in [1.165, 1.54) is 6.07 Å². The molecule has 2 N–H and O–H groups in total. The smallest absolute Gasteiger partial charge is 0.306 e. The monoisotopic (exact) mass is 288 g/mol. The van der Waals surface area contributed by atoms with E-state index in [-0.39, 0.29) is 24.6 Å². The van der Waals surface area contributed by atoms with Crippen LogP contribution in [0.1, 0.15) is 19.0 Å². The number of esters is 1. The van der Waals surface area contributed by atoms with Crippen molar-refractivity contribution in [3.63, 3.8) is 0 Å². The second-order valence-corrected chi connectivity index (χ2v) is 5.64. The molecule has 0 aliphatic heterocycles. The first-order valence-corrected chi connectivity index (χ1v) is 7.32. The van der Waals surface area contributed by atoms with Gasteiger partial charge in [0.25, 0.3) is 0 Å². The summed E-state index contributed by atoms with van der Waals surface area (Å²) in [4.78, 5) is 14.9. The minimum atomic E-state index is -3.76. The maximum Gasteiger partial charge on any atom is 0.306 e. The van der Waals surface area contributed by atoms with Crippen molar-refractivity contribution in [2.45, 2.75) is 20.3 Å². The summed E-state index contributed by atoms with van der Waals surface area (Å²) in [6.45, 7) is 3.50. The zero-order valence-electron chi connectivity index (χ0n) is 10.7. The molecule has 1 rings (SSSR count). The van der Waals surface area contributed by atoms with Gasteiger partial charge in [-0.15, -0.1) is 0 Å². The molecule has 0 aliphatic rings. The molecule has 0 saturated heterocycles. The van der Waals surface area contributed by atoms with Crippen LogP contribution < -0.4 is 4.72 Å². The summed E-state index contributed by atoms with van der Waals surface area (Å²) < 4.78 is 30.2. The van der Waals surface area contributed by atoms with Crippen LogP contribution in [0.5, 0.6) is 5.75 Å². The Kier molecular flexibility index (Phi) is 5.11. The van der Waals surface area contributed by atoms with Gasteiger partial charge in [0.1, 0.15) is 0 Å². The van der Waals surface area contributed by atoms with Gasteiger partial charge in [-0.2, -0.15) is 0 Å². The fourth-order valence-electron chi connectivity index (χ4n) is 1.27. The summed E-state index contributed by atoms with van der Waals surface area (Å²) in [5.41, 5.74) is 0.556. The third kappa shape index (κ3) is 5.12. The molecule has 0 bridgehead atoms. The van der Waals surface area contributed by atoms with E-state index >= 15 is 0 Å². The van der Waals surface area contributed by atoms with Crippen LogP contribution in [0, 0.1) is 6.92 Å². The number of ether oxygens (including phenoxy) is 1. The molecule has 0 unspecified atom stereocenters. The molecule has 0 amide bonds. The lowest BCUT2D eigenvalue weighted by molar-refractivity contribution is -0.142. The van der Waals surface area contributed by atoms with E-state index in [9.17, 15) is 18.3 Å². The van der Waals surface area contributed by atoms with Crippen molar-refractivity contribution in [3.8, 4) is 5.75 Å². The van der Waals surface area contributed by atoms with Crippen molar-refractivity contribution < 1.29 is 23.1 Å². The fraction of sp³-hybridized carbons (Fsp3) is 0.455. The van der Waals surface area contributed by atoms with E-state index < -0.39 is 21.7 Å². The second kappa shape index (κ2) is 6.37. The Balaban J connectivity index is 2.69. The summed E-state index contributed by atoms with van der Waals surface area (Å²) in [5.74, 6) is -1.44. The first kappa shape index (κ1) is 15.2. The van der Waals surface area contributed by atoms with Crippen LogP contribution in [-0.2, 0) is 19.6 Å². The number of anilines is 1. The predicted molar refractivity (Wildman–Crippen MR) is 69.3 cm³/mol. The molecular weight excluding hydrogens is 272 g/mol. The highest BCUT2D eigenvalue weighted by atomic mass is 32.2. The Bertz CT molecular complexity index is 556. The van der Waals surface area contributed by atoms with Crippen LogP contribution in [0.4, 0.5) is 5.82 Å². The minimum Gasteiger partial charge on any atom is -0.504 e. The van der Waals surface area contributed by atoms with Crippen LogP contribution in [0.25, 0.3) is 0 Å². The second-order valence-electron chi connectivity index (χ2n) is 3.80. The van der Waals surface area contributed by atoms with E-state index in [2.05, 4.69) is 14.4 Å². The molecule has 106 valence electrons. The molecule has 1 aromatic heterocycles. The van der Waals surface area contributed by atoms with Gasteiger partial charge in [0.2, 0.25) is 10.0 Å². The van der Waals surface area contributed by atoms with E-state index in [0.29, 0.717) is 5.69 Å². The van der Waals surface area contributed by atoms with E-state index in [1.807, 2.05) is 0 Å². The predicted octanol–water partition coefficient (Wildman–Crippen LogP) is 0.791. The maximum atomic E-state index is 11.7. The molecule has 1 aromatic rings. The number of hydrogen-bond acceptors (Lipinski definition) is 6. The standard InChI is InChI=1S/C11H16N2O5S/c1-3-18-10(15)6-7-19(16,17)13-11-9(14)5-4-8(2)12-11/h4-5,14H,3,6-7H2,1-2H3,(H,12,13). The van der Waals surface area contributed by atoms with Gasteiger partial charge in [-0.25, -0.2) is 13.4 Å². The molecule has 0 saturated carbocycles. The Morgan fingerprint density at radius 1 is 1.47 bits per heavy atom.